The molecule has 0 heterocycles. The Labute approximate surface area is 112 Å². The number of hydrogen-bond donors (Lipinski definition) is 0. The van der Waals surface area contributed by atoms with Gasteiger partial charge in [-0.2, -0.15) is 0 Å². The van der Waals surface area contributed by atoms with E-state index in [0.717, 1.165) is 25.7 Å². The molecule has 1 fully saturated rings. The Morgan fingerprint density at radius 2 is 1.61 bits per heavy atom. The Kier molecular flexibility index (Phi) is 4.51. The molecular weight excluding hydrogens is 224 g/mol. The predicted molar refractivity (Wildman–Crippen MR) is 75.4 cm³/mol. The summed E-state index contributed by atoms with van der Waals surface area (Å²) < 4.78 is 5.92. The van der Waals surface area contributed by atoms with Crippen molar-refractivity contribution in [2.75, 3.05) is 0 Å². The molecule has 106 valence electrons. The second-order valence-electron chi connectivity index (χ2n) is 7.75. The summed E-state index contributed by atoms with van der Waals surface area (Å²) in [6.45, 7) is 12.7. The second-order valence-corrected chi connectivity index (χ2v) is 7.75. The van der Waals surface area contributed by atoms with Crippen LogP contribution in [0.25, 0.3) is 0 Å². The van der Waals surface area contributed by atoms with E-state index in [-0.39, 0.29) is 22.4 Å². The van der Waals surface area contributed by atoms with Gasteiger partial charge < -0.3 is 4.74 Å². The second kappa shape index (κ2) is 5.22. The van der Waals surface area contributed by atoms with Crippen LogP contribution >= 0.6 is 0 Å². The predicted octanol–water partition coefficient (Wildman–Crippen LogP) is 4.71. The lowest BCUT2D eigenvalue weighted by Crippen LogP contribution is -2.39. The molecule has 0 aliphatic heterocycles. The molecule has 0 amide bonds. The molecule has 0 atom stereocenters. The minimum atomic E-state index is -0.386. The van der Waals surface area contributed by atoms with Crippen LogP contribution in [0.3, 0.4) is 0 Å². The van der Waals surface area contributed by atoms with Gasteiger partial charge in [-0.05, 0) is 57.8 Å². The van der Waals surface area contributed by atoms with Crippen LogP contribution in [-0.2, 0) is 9.53 Å². The smallest absolute Gasteiger partial charge is 0.312 e. The van der Waals surface area contributed by atoms with Gasteiger partial charge in [0.15, 0.2) is 0 Å². The fourth-order valence-electron chi connectivity index (χ4n) is 3.28. The van der Waals surface area contributed by atoms with Crippen molar-refractivity contribution >= 4 is 5.97 Å². The van der Waals surface area contributed by atoms with Crippen molar-refractivity contribution in [3.63, 3.8) is 0 Å². The summed E-state index contributed by atoms with van der Waals surface area (Å²) in [5.41, 5.74) is -0.396. The number of carbonyl (C=O) groups is 1. The van der Waals surface area contributed by atoms with Crippen LogP contribution in [0.5, 0.6) is 0 Å². The first-order valence-electron chi connectivity index (χ1n) is 7.34. The number of hydrogen-bond acceptors (Lipinski definition) is 2. The van der Waals surface area contributed by atoms with Crippen molar-refractivity contribution in [1.82, 2.24) is 0 Å². The van der Waals surface area contributed by atoms with Crippen LogP contribution < -0.4 is 0 Å². The Balaban J connectivity index is 2.69. The number of ether oxygens (including phenoxy) is 1. The van der Waals surface area contributed by atoms with E-state index in [0.29, 0.717) is 0 Å². The topological polar surface area (TPSA) is 26.3 Å². The third-order valence-corrected chi connectivity index (χ3v) is 3.99. The van der Waals surface area contributed by atoms with Crippen molar-refractivity contribution in [1.29, 1.82) is 0 Å². The molecule has 1 aliphatic carbocycles. The highest BCUT2D eigenvalue weighted by atomic mass is 16.6. The van der Waals surface area contributed by atoms with Crippen molar-refractivity contribution in [3.05, 3.63) is 0 Å². The first kappa shape index (κ1) is 15.5. The summed E-state index contributed by atoms with van der Waals surface area (Å²) in [6.07, 6.45) is 6.28. The number of carbonyl (C=O) groups excluding carboxylic acids is 1. The highest BCUT2D eigenvalue weighted by molar-refractivity contribution is 5.76. The summed E-state index contributed by atoms with van der Waals surface area (Å²) in [6, 6.07) is 0. The minimum Gasteiger partial charge on any atom is -0.459 e. The van der Waals surface area contributed by atoms with Crippen LogP contribution in [0.1, 0.15) is 80.1 Å². The highest BCUT2D eigenvalue weighted by Gasteiger charge is 2.41. The molecule has 0 aromatic carbocycles. The molecule has 1 rings (SSSR count). The average molecular weight is 254 g/mol. The van der Waals surface area contributed by atoms with Gasteiger partial charge >= 0.3 is 5.97 Å². The Morgan fingerprint density at radius 1 is 1.11 bits per heavy atom. The lowest BCUT2D eigenvalue weighted by Gasteiger charge is -2.35. The van der Waals surface area contributed by atoms with Gasteiger partial charge in [-0.15, -0.1) is 0 Å². The van der Waals surface area contributed by atoms with E-state index in [1.165, 1.54) is 12.8 Å². The maximum absolute atomic E-state index is 12.4. The third-order valence-electron chi connectivity index (χ3n) is 3.99. The van der Waals surface area contributed by atoms with Gasteiger partial charge in [0.25, 0.3) is 0 Å². The summed E-state index contributed by atoms with van der Waals surface area (Å²) in [7, 11) is 0. The average Bonchev–Trinajstić information content (AvgIpc) is 2.63. The first-order valence-corrected chi connectivity index (χ1v) is 7.34. The van der Waals surface area contributed by atoms with Gasteiger partial charge in [-0.3, -0.25) is 4.79 Å². The lowest BCUT2D eigenvalue weighted by molar-refractivity contribution is -0.172. The lowest BCUT2D eigenvalue weighted by atomic mass is 9.76. The largest absolute Gasteiger partial charge is 0.459 e. The van der Waals surface area contributed by atoms with Crippen molar-refractivity contribution < 1.29 is 9.53 Å². The van der Waals surface area contributed by atoms with Crippen molar-refractivity contribution in [2.45, 2.75) is 85.7 Å². The fraction of sp³-hybridized carbons (Fsp3) is 0.938. The molecule has 1 saturated carbocycles. The van der Waals surface area contributed by atoms with Gasteiger partial charge in [0, 0.05) is 0 Å². The van der Waals surface area contributed by atoms with E-state index in [4.69, 9.17) is 4.74 Å². The molecule has 0 aromatic heterocycles. The van der Waals surface area contributed by atoms with E-state index in [1.807, 2.05) is 13.8 Å². The maximum atomic E-state index is 12.4. The normalized spacial score (nSPS) is 19.9. The highest BCUT2D eigenvalue weighted by Crippen LogP contribution is 2.40. The van der Waals surface area contributed by atoms with Crippen LogP contribution in [0.15, 0.2) is 0 Å². The summed E-state index contributed by atoms with van der Waals surface area (Å²) in [5, 5.41) is 0. The fourth-order valence-corrected chi connectivity index (χ4v) is 3.28. The van der Waals surface area contributed by atoms with E-state index < -0.39 is 0 Å². The number of rotatable bonds is 4. The van der Waals surface area contributed by atoms with E-state index in [2.05, 4.69) is 27.7 Å². The van der Waals surface area contributed by atoms with Crippen molar-refractivity contribution in [3.8, 4) is 0 Å². The summed E-state index contributed by atoms with van der Waals surface area (Å²) in [5.74, 6) is -0.0128. The van der Waals surface area contributed by atoms with Gasteiger partial charge in [0.05, 0.1) is 5.41 Å². The molecule has 0 bridgehead atoms. The Morgan fingerprint density at radius 3 is 2.00 bits per heavy atom. The van der Waals surface area contributed by atoms with Gasteiger partial charge in [-0.25, -0.2) is 0 Å². The zero-order valence-electron chi connectivity index (χ0n) is 13.1. The Hall–Kier alpha value is -0.530. The summed E-state index contributed by atoms with van der Waals surface area (Å²) in [4.78, 5) is 12.4. The van der Waals surface area contributed by atoms with Crippen molar-refractivity contribution in [2.24, 2.45) is 10.8 Å². The molecule has 0 spiro atoms. The molecule has 0 radical (unpaired) electrons. The summed E-state index contributed by atoms with van der Waals surface area (Å²) >= 11 is 0. The SMILES string of the molecule is CCC1(OC(=O)C(C)(C)CC(C)(C)C)CCCC1. The standard InChI is InChI=1S/C16H30O2/c1-7-16(10-8-9-11-16)18-13(17)15(5,6)12-14(2,3)4/h7-12H2,1-6H3. The molecule has 2 heteroatoms. The van der Waals surface area contributed by atoms with Gasteiger partial charge in [0.1, 0.15) is 5.60 Å². The van der Waals surface area contributed by atoms with E-state index in [9.17, 15) is 4.79 Å². The van der Waals surface area contributed by atoms with Crippen LogP contribution in [0, 0.1) is 10.8 Å². The van der Waals surface area contributed by atoms with E-state index in [1.54, 1.807) is 0 Å². The van der Waals surface area contributed by atoms with Crippen LogP contribution in [-0.4, -0.2) is 11.6 Å². The molecule has 1 aliphatic rings. The Bertz CT molecular complexity index is 291. The molecule has 0 unspecified atom stereocenters. The zero-order chi connectivity index (χ0) is 14.0. The quantitative estimate of drug-likeness (QED) is 0.679. The molecule has 2 nitrogen and oxygen atoms in total. The molecule has 18 heavy (non-hydrogen) atoms. The van der Waals surface area contributed by atoms with Gasteiger partial charge in [-0.1, -0.05) is 27.7 Å². The first-order chi connectivity index (χ1) is 8.10. The molecule has 0 N–H and O–H groups in total. The molecule has 0 saturated heterocycles. The zero-order valence-corrected chi connectivity index (χ0v) is 13.1. The third kappa shape index (κ3) is 4.00. The maximum Gasteiger partial charge on any atom is 0.312 e. The van der Waals surface area contributed by atoms with Gasteiger partial charge in [0.2, 0.25) is 0 Å². The number of esters is 1. The van der Waals surface area contributed by atoms with E-state index >= 15 is 0 Å². The van der Waals surface area contributed by atoms with Crippen LogP contribution in [0.2, 0.25) is 0 Å². The van der Waals surface area contributed by atoms with Crippen LogP contribution in [0.4, 0.5) is 0 Å². The molecular formula is C16H30O2. The molecule has 0 aromatic rings. The minimum absolute atomic E-state index is 0.0128. The monoisotopic (exact) mass is 254 g/mol.